The number of aromatic nitrogens is 1. The van der Waals surface area contributed by atoms with Crippen molar-refractivity contribution in [3.63, 3.8) is 0 Å². The van der Waals surface area contributed by atoms with E-state index in [0.29, 0.717) is 9.20 Å². The lowest BCUT2D eigenvalue weighted by atomic mass is 10.1. The molecule has 0 aliphatic carbocycles. The number of Topliss-reactive ketones (excluding diaryl/α,β-unsaturated/α-hetero) is 1. The molecule has 0 unspecified atom stereocenters. The zero-order chi connectivity index (χ0) is 16.4. The summed E-state index contributed by atoms with van der Waals surface area (Å²) in [6, 6.07) is 11.2. The molecule has 0 N–H and O–H groups in total. The first-order valence-corrected chi connectivity index (χ1v) is 7.90. The molecule has 3 aromatic rings. The molecule has 2 aromatic heterocycles. The Labute approximate surface area is 136 Å². The van der Waals surface area contributed by atoms with Gasteiger partial charge < -0.3 is 8.98 Å². The SMILES string of the molecule is Cc1ccc(/C=c2/s/c(=C\C(=O)c3ccco3)n(C)c2=O)cc1. The van der Waals surface area contributed by atoms with Crippen LogP contribution in [0.15, 0.2) is 51.9 Å². The third-order valence-corrected chi connectivity index (χ3v) is 4.57. The van der Waals surface area contributed by atoms with Crippen LogP contribution in [-0.2, 0) is 7.05 Å². The number of nitrogens with zero attached hydrogens (tertiary/aromatic N) is 1. The van der Waals surface area contributed by atoms with Crippen LogP contribution >= 0.6 is 11.3 Å². The fraction of sp³-hybridized carbons (Fsp3) is 0.111. The van der Waals surface area contributed by atoms with E-state index in [1.165, 1.54) is 33.8 Å². The van der Waals surface area contributed by atoms with Gasteiger partial charge in [-0.05, 0) is 30.7 Å². The monoisotopic (exact) mass is 325 g/mol. The molecule has 0 aliphatic heterocycles. The topological polar surface area (TPSA) is 52.2 Å². The van der Waals surface area contributed by atoms with Crippen molar-refractivity contribution in [2.45, 2.75) is 6.92 Å². The fourth-order valence-electron chi connectivity index (χ4n) is 2.12. The lowest BCUT2D eigenvalue weighted by molar-refractivity contribution is 0.103. The predicted molar refractivity (Wildman–Crippen MR) is 91.1 cm³/mol. The summed E-state index contributed by atoms with van der Waals surface area (Å²) in [5.41, 5.74) is 2.01. The van der Waals surface area contributed by atoms with Gasteiger partial charge in [0.15, 0.2) is 5.76 Å². The molecule has 116 valence electrons. The Morgan fingerprint density at radius 1 is 1.22 bits per heavy atom. The average Bonchev–Trinajstić information content (AvgIpc) is 3.15. The van der Waals surface area contributed by atoms with Crippen LogP contribution in [0, 0.1) is 6.92 Å². The number of hydrogen-bond donors (Lipinski definition) is 0. The number of carbonyl (C=O) groups excluding carboxylic acids is 1. The molecule has 23 heavy (non-hydrogen) atoms. The number of furan rings is 1. The third kappa shape index (κ3) is 3.24. The van der Waals surface area contributed by atoms with Gasteiger partial charge in [0, 0.05) is 13.1 Å². The minimum atomic E-state index is -0.256. The maximum atomic E-state index is 12.3. The van der Waals surface area contributed by atoms with Crippen LogP contribution in [0.2, 0.25) is 0 Å². The van der Waals surface area contributed by atoms with Crippen molar-refractivity contribution in [3.8, 4) is 0 Å². The summed E-state index contributed by atoms with van der Waals surface area (Å²) < 4.78 is 7.74. The summed E-state index contributed by atoms with van der Waals surface area (Å²) in [5.74, 6) is 0.00338. The number of aryl methyl sites for hydroxylation is 1. The maximum Gasteiger partial charge on any atom is 0.268 e. The van der Waals surface area contributed by atoms with Crippen LogP contribution in [0.25, 0.3) is 12.2 Å². The zero-order valence-electron chi connectivity index (χ0n) is 12.8. The summed E-state index contributed by atoms with van der Waals surface area (Å²) in [6.45, 7) is 2.02. The van der Waals surface area contributed by atoms with Gasteiger partial charge in [-0.15, -0.1) is 11.3 Å². The van der Waals surface area contributed by atoms with Crippen LogP contribution in [0.5, 0.6) is 0 Å². The fourth-order valence-corrected chi connectivity index (χ4v) is 3.15. The summed E-state index contributed by atoms with van der Waals surface area (Å²) in [5, 5.41) is 0. The van der Waals surface area contributed by atoms with Gasteiger partial charge in [-0.1, -0.05) is 29.8 Å². The first kappa shape index (κ1) is 15.2. The highest BCUT2D eigenvalue weighted by Gasteiger charge is 2.07. The smallest absolute Gasteiger partial charge is 0.268 e. The number of rotatable bonds is 3. The summed E-state index contributed by atoms with van der Waals surface area (Å²) in [7, 11) is 1.66. The lowest BCUT2D eigenvalue weighted by Crippen LogP contribution is -2.29. The van der Waals surface area contributed by atoms with Crippen molar-refractivity contribution < 1.29 is 9.21 Å². The van der Waals surface area contributed by atoms with Gasteiger partial charge in [0.1, 0.15) is 4.66 Å². The Bertz CT molecular complexity index is 1010. The van der Waals surface area contributed by atoms with Gasteiger partial charge in [-0.2, -0.15) is 0 Å². The molecule has 0 saturated carbocycles. The number of thiazole rings is 1. The van der Waals surface area contributed by atoms with Crippen molar-refractivity contribution in [3.05, 3.63) is 79.1 Å². The molecule has 1 aromatic carbocycles. The van der Waals surface area contributed by atoms with E-state index in [0.717, 1.165) is 5.56 Å². The van der Waals surface area contributed by atoms with Crippen LogP contribution < -0.4 is 14.8 Å². The first-order valence-electron chi connectivity index (χ1n) is 7.08. The Hall–Kier alpha value is -2.66. The number of hydrogen-bond acceptors (Lipinski definition) is 4. The molecular formula is C18H15NO3S. The molecule has 3 rings (SSSR count). The second-order valence-corrected chi connectivity index (χ2v) is 6.27. The second-order valence-electron chi connectivity index (χ2n) is 5.21. The van der Waals surface area contributed by atoms with Gasteiger partial charge in [0.05, 0.1) is 10.8 Å². The van der Waals surface area contributed by atoms with E-state index in [1.54, 1.807) is 19.2 Å². The minimum absolute atomic E-state index is 0.117. The lowest BCUT2D eigenvalue weighted by Gasteiger charge is -1.92. The van der Waals surface area contributed by atoms with E-state index in [9.17, 15) is 9.59 Å². The van der Waals surface area contributed by atoms with Crippen molar-refractivity contribution >= 4 is 29.3 Å². The highest BCUT2D eigenvalue weighted by molar-refractivity contribution is 7.07. The van der Waals surface area contributed by atoms with E-state index in [4.69, 9.17) is 4.42 Å². The third-order valence-electron chi connectivity index (χ3n) is 3.45. The van der Waals surface area contributed by atoms with Crippen LogP contribution in [-0.4, -0.2) is 10.4 Å². The summed E-state index contributed by atoms with van der Waals surface area (Å²) in [6.07, 6.45) is 4.71. The summed E-state index contributed by atoms with van der Waals surface area (Å²) in [4.78, 5) is 24.4. The average molecular weight is 325 g/mol. The second kappa shape index (κ2) is 6.22. The quantitative estimate of drug-likeness (QED) is 0.691. The van der Waals surface area contributed by atoms with E-state index < -0.39 is 0 Å². The number of benzene rings is 1. The number of ketones is 1. The van der Waals surface area contributed by atoms with Crippen LogP contribution in [0.1, 0.15) is 21.7 Å². The molecule has 0 spiro atoms. The van der Waals surface area contributed by atoms with Gasteiger partial charge in [-0.3, -0.25) is 9.59 Å². The molecule has 5 heteroatoms. The van der Waals surface area contributed by atoms with E-state index in [-0.39, 0.29) is 17.1 Å². The Balaban J connectivity index is 2.07. The minimum Gasteiger partial charge on any atom is -0.461 e. The van der Waals surface area contributed by atoms with Gasteiger partial charge in [0.2, 0.25) is 5.78 Å². The highest BCUT2D eigenvalue weighted by atomic mass is 32.1. The van der Waals surface area contributed by atoms with Gasteiger partial charge in [0.25, 0.3) is 5.56 Å². The van der Waals surface area contributed by atoms with E-state index in [1.807, 2.05) is 37.3 Å². The molecule has 0 radical (unpaired) electrons. The molecule has 0 atom stereocenters. The molecule has 0 amide bonds. The van der Waals surface area contributed by atoms with Crippen LogP contribution in [0.4, 0.5) is 0 Å². The number of carbonyl (C=O) groups is 1. The molecule has 0 fully saturated rings. The van der Waals surface area contributed by atoms with Crippen LogP contribution in [0.3, 0.4) is 0 Å². The Morgan fingerprint density at radius 3 is 2.61 bits per heavy atom. The molecule has 0 bridgehead atoms. The summed E-state index contributed by atoms with van der Waals surface area (Å²) >= 11 is 1.29. The molecular weight excluding hydrogens is 310 g/mol. The Kier molecular flexibility index (Phi) is 4.12. The van der Waals surface area contributed by atoms with Crippen molar-refractivity contribution in [2.24, 2.45) is 7.05 Å². The maximum absolute atomic E-state index is 12.3. The standard InChI is InChI=1S/C18H15NO3S/c1-12-5-7-13(8-6-12)10-16-18(21)19(2)17(23-16)11-14(20)15-4-3-9-22-15/h3-11H,1-2H3/b16-10+,17-11-. The highest BCUT2D eigenvalue weighted by Crippen LogP contribution is 2.04. The van der Waals surface area contributed by atoms with Gasteiger partial charge in [-0.25, -0.2) is 0 Å². The van der Waals surface area contributed by atoms with E-state index >= 15 is 0 Å². The first-order chi connectivity index (χ1) is 11.0. The molecule has 2 heterocycles. The van der Waals surface area contributed by atoms with E-state index in [2.05, 4.69) is 0 Å². The van der Waals surface area contributed by atoms with Crippen molar-refractivity contribution in [1.82, 2.24) is 4.57 Å². The Morgan fingerprint density at radius 2 is 1.96 bits per heavy atom. The van der Waals surface area contributed by atoms with Gasteiger partial charge >= 0.3 is 0 Å². The van der Waals surface area contributed by atoms with Crippen molar-refractivity contribution in [2.75, 3.05) is 0 Å². The zero-order valence-corrected chi connectivity index (χ0v) is 13.6. The van der Waals surface area contributed by atoms with Crippen molar-refractivity contribution in [1.29, 1.82) is 0 Å². The normalized spacial score (nSPS) is 12.8. The molecule has 0 saturated heterocycles. The molecule has 4 nitrogen and oxygen atoms in total. The largest absolute Gasteiger partial charge is 0.461 e. The molecule has 0 aliphatic rings. The predicted octanol–water partition coefficient (Wildman–Crippen LogP) is 1.84.